The zero-order chi connectivity index (χ0) is 16.2. The smallest absolute Gasteiger partial charge is 0.228 e. The summed E-state index contributed by atoms with van der Waals surface area (Å²) < 4.78 is 5.36. The Morgan fingerprint density at radius 1 is 1.39 bits per heavy atom. The number of aliphatic hydroxyl groups excluding tert-OH is 1. The van der Waals surface area contributed by atoms with E-state index in [1.54, 1.807) is 0 Å². The van der Waals surface area contributed by atoms with Crippen molar-refractivity contribution in [3.05, 3.63) is 35.2 Å². The number of rotatable bonds is 5. The average molecular weight is 336 g/mol. The van der Waals surface area contributed by atoms with Crippen molar-refractivity contribution in [1.29, 1.82) is 0 Å². The molecule has 1 aliphatic rings. The standard InChI is InChI=1S/C17H22ClN3O2/c1-12-5-6-13(11-22)10-21(12)8-7-16-19-17(20-23-16)14-3-2-4-15(18)9-14/h2-4,9,12-13,22H,5-8,10-11H2,1H3. The minimum atomic E-state index is 0.267. The van der Waals surface area contributed by atoms with E-state index < -0.39 is 0 Å². The van der Waals surface area contributed by atoms with Gasteiger partial charge in [0.2, 0.25) is 11.7 Å². The predicted molar refractivity (Wildman–Crippen MR) is 89.3 cm³/mol. The van der Waals surface area contributed by atoms with Crippen molar-refractivity contribution >= 4 is 11.6 Å². The highest BCUT2D eigenvalue weighted by Crippen LogP contribution is 2.23. The summed E-state index contributed by atoms with van der Waals surface area (Å²) in [4.78, 5) is 6.85. The van der Waals surface area contributed by atoms with Crippen LogP contribution in [0.4, 0.5) is 0 Å². The first-order valence-electron chi connectivity index (χ1n) is 8.09. The van der Waals surface area contributed by atoms with Crippen molar-refractivity contribution < 1.29 is 9.63 Å². The topological polar surface area (TPSA) is 62.4 Å². The third kappa shape index (κ3) is 4.10. The number of halogens is 1. The molecular formula is C17H22ClN3O2. The van der Waals surface area contributed by atoms with E-state index in [-0.39, 0.29) is 6.61 Å². The summed E-state index contributed by atoms with van der Waals surface area (Å²) in [5, 5.41) is 14.1. The van der Waals surface area contributed by atoms with Crippen LogP contribution in [-0.2, 0) is 6.42 Å². The lowest BCUT2D eigenvalue weighted by Crippen LogP contribution is -2.43. The average Bonchev–Trinajstić information content (AvgIpc) is 3.03. The Morgan fingerprint density at radius 3 is 3.04 bits per heavy atom. The van der Waals surface area contributed by atoms with Gasteiger partial charge < -0.3 is 9.63 Å². The molecule has 0 saturated carbocycles. The van der Waals surface area contributed by atoms with Gasteiger partial charge in [0.25, 0.3) is 0 Å². The van der Waals surface area contributed by atoms with Crippen molar-refractivity contribution in [3.63, 3.8) is 0 Å². The molecule has 1 aliphatic heterocycles. The minimum Gasteiger partial charge on any atom is -0.396 e. The van der Waals surface area contributed by atoms with Gasteiger partial charge in [0, 0.05) is 42.7 Å². The summed E-state index contributed by atoms with van der Waals surface area (Å²) in [6, 6.07) is 7.97. The van der Waals surface area contributed by atoms with Gasteiger partial charge in [0.15, 0.2) is 0 Å². The SMILES string of the molecule is CC1CCC(CO)CN1CCc1nc(-c2cccc(Cl)c2)no1. The van der Waals surface area contributed by atoms with Crippen LogP contribution < -0.4 is 0 Å². The van der Waals surface area contributed by atoms with E-state index in [9.17, 15) is 5.11 Å². The monoisotopic (exact) mass is 335 g/mol. The number of nitrogens with zero attached hydrogens (tertiary/aromatic N) is 3. The van der Waals surface area contributed by atoms with Crippen LogP contribution >= 0.6 is 11.6 Å². The van der Waals surface area contributed by atoms with Gasteiger partial charge in [-0.1, -0.05) is 28.9 Å². The lowest BCUT2D eigenvalue weighted by atomic mass is 9.94. The van der Waals surface area contributed by atoms with Crippen LogP contribution in [0.2, 0.25) is 5.02 Å². The van der Waals surface area contributed by atoms with Crippen molar-refractivity contribution in [1.82, 2.24) is 15.0 Å². The van der Waals surface area contributed by atoms with Gasteiger partial charge in [0.05, 0.1) is 0 Å². The molecule has 2 atom stereocenters. The van der Waals surface area contributed by atoms with Gasteiger partial charge >= 0.3 is 0 Å². The van der Waals surface area contributed by atoms with E-state index in [2.05, 4.69) is 22.0 Å². The molecule has 0 spiro atoms. The van der Waals surface area contributed by atoms with Gasteiger partial charge in [0.1, 0.15) is 0 Å². The summed E-state index contributed by atoms with van der Waals surface area (Å²) in [5.41, 5.74) is 0.860. The largest absolute Gasteiger partial charge is 0.396 e. The molecule has 2 aromatic rings. The Kier molecular flexibility index (Phi) is 5.30. The van der Waals surface area contributed by atoms with Crippen LogP contribution in [0, 0.1) is 5.92 Å². The van der Waals surface area contributed by atoms with Crippen molar-refractivity contribution in [2.75, 3.05) is 19.7 Å². The molecule has 1 aromatic carbocycles. The maximum atomic E-state index is 9.35. The zero-order valence-corrected chi connectivity index (χ0v) is 14.0. The van der Waals surface area contributed by atoms with Crippen LogP contribution in [0.1, 0.15) is 25.7 Å². The summed E-state index contributed by atoms with van der Waals surface area (Å²) in [6.45, 7) is 4.31. The highest BCUT2D eigenvalue weighted by molar-refractivity contribution is 6.30. The van der Waals surface area contributed by atoms with Crippen molar-refractivity contribution in [2.24, 2.45) is 5.92 Å². The molecule has 124 valence electrons. The van der Waals surface area contributed by atoms with E-state index in [0.717, 1.165) is 37.9 Å². The molecule has 5 nitrogen and oxygen atoms in total. The van der Waals surface area contributed by atoms with Gasteiger partial charge in [-0.25, -0.2) is 0 Å². The Morgan fingerprint density at radius 2 is 2.26 bits per heavy atom. The van der Waals surface area contributed by atoms with Crippen LogP contribution in [0.25, 0.3) is 11.4 Å². The summed E-state index contributed by atoms with van der Waals surface area (Å²) in [7, 11) is 0. The Balaban J connectivity index is 1.61. The molecular weight excluding hydrogens is 314 g/mol. The van der Waals surface area contributed by atoms with E-state index >= 15 is 0 Å². The van der Waals surface area contributed by atoms with Gasteiger partial charge in [-0.3, -0.25) is 4.90 Å². The Labute approximate surface area is 141 Å². The van der Waals surface area contributed by atoms with E-state index in [4.69, 9.17) is 16.1 Å². The molecule has 1 N–H and O–H groups in total. The molecule has 1 saturated heterocycles. The molecule has 2 heterocycles. The van der Waals surface area contributed by atoms with Crippen LogP contribution in [-0.4, -0.2) is 45.9 Å². The van der Waals surface area contributed by atoms with E-state index in [1.165, 1.54) is 0 Å². The summed E-state index contributed by atoms with van der Waals surface area (Å²) in [5.74, 6) is 1.59. The molecule has 1 fully saturated rings. The maximum absolute atomic E-state index is 9.35. The second-order valence-electron chi connectivity index (χ2n) is 6.24. The zero-order valence-electron chi connectivity index (χ0n) is 13.3. The number of piperidine rings is 1. The minimum absolute atomic E-state index is 0.267. The second-order valence-corrected chi connectivity index (χ2v) is 6.68. The fourth-order valence-electron chi connectivity index (χ4n) is 3.06. The van der Waals surface area contributed by atoms with Crippen molar-refractivity contribution in [2.45, 2.75) is 32.2 Å². The van der Waals surface area contributed by atoms with E-state index in [0.29, 0.717) is 28.7 Å². The molecule has 0 radical (unpaired) electrons. The first-order chi connectivity index (χ1) is 11.2. The van der Waals surface area contributed by atoms with Crippen LogP contribution in [0.15, 0.2) is 28.8 Å². The molecule has 0 bridgehead atoms. The number of aromatic nitrogens is 2. The van der Waals surface area contributed by atoms with Gasteiger partial charge in [-0.05, 0) is 37.8 Å². The molecule has 6 heteroatoms. The summed E-state index contributed by atoms with van der Waals surface area (Å²) >= 11 is 5.99. The lowest BCUT2D eigenvalue weighted by molar-refractivity contribution is 0.0821. The summed E-state index contributed by atoms with van der Waals surface area (Å²) in [6.07, 6.45) is 2.95. The third-order valence-electron chi connectivity index (χ3n) is 4.53. The molecule has 0 aliphatic carbocycles. The molecule has 1 aromatic heterocycles. The van der Waals surface area contributed by atoms with Gasteiger partial charge in [-0.2, -0.15) is 4.98 Å². The van der Waals surface area contributed by atoms with Crippen LogP contribution in [0.5, 0.6) is 0 Å². The van der Waals surface area contributed by atoms with Crippen molar-refractivity contribution in [3.8, 4) is 11.4 Å². The highest BCUT2D eigenvalue weighted by atomic mass is 35.5. The highest BCUT2D eigenvalue weighted by Gasteiger charge is 2.25. The molecule has 3 rings (SSSR count). The number of benzene rings is 1. The van der Waals surface area contributed by atoms with Crippen LogP contribution in [0.3, 0.4) is 0 Å². The number of hydrogen-bond acceptors (Lipinski definition) is 5. The second kappa shape index (κ2) is 7.43. The van der Waals surface area contributed by atoms with Gasteiger partial charge in [-0.15, -0.1) is 0 Å². The number of aliphatic hydroxyl groups is 1. The number of likely N-dealkylation sites (tertiary alicyclic amines) is 1. The quantitative estimate of drug-likeness (QED) is 0.910. The predicted octanol–water partition coefficient (Wildman–Crippen LogP) is 3.03. The maximum Gasteiger partial charge on any atom is 0.228 e. The lowest BCUT2D eigenvalue weighted by Gasteiger charge is -2.37. The Bertz CT molecular complexity index is 646. The molecule has 2 unspecified atom stereocenters. The first-order valence-corrected chi connectivity index (χ1v) is 8.47. The molecule has 23 heavy (non-hydrogen) atoms. The number of hydrogen-bond donors (Lipinski definition) is 1. The third-order valence-corrected chi connectivity index (χ3v) is 4.77. The normalized spacial score (nSPS) is 22.4. The fourth-order valence-corrected chi connectivity index (χ4v) is 3.25. The fraction of sp³-hybridized carbons (Fsp3) is 0.529. The first kappa shape index (κ1) is 16.4. The Hall–Kier alpha value is -1.43. The van der Waals surface area contributed by atoms with E-state index in [1.807, 2.05) is 24.3 Å². The molecule has 0 amide bonds.